The Labute approximate surface area is 139 Å². The number of nitrogen functional groups attached to an aromatic ring is 2. The molecule has 5 N–H and O–H groups in total. The van der Waals surface area contributed by atoms with Crippen molar-refractivity contribution in [2.45, 2.75) is 18.7 Å². The number of aryl methyl sites for hydroxylation is 2. The molecule has 0 amide bonds. The van der Waals surface area contributed by atoms with Gasteiger partial charge in [0.05, 0.1) is 26.3 Å². The van der Waals surface area contributed by atoms with Crippen LogP contribution in [0.2, 0.25) is 10.0 Å². The molecule has 22 heavy (non-hydrogen) atoms. The number of rotatable bonds is 1. The molecule has 0 saturated heterocycles. The number of benzene rings is 2. The average Bonchev–Trinajstić information content (AvgIpc) is 2.38. The van der Waals surface area contributed by atoms with Crippen molar-refractivity contribution in [3.8, 4) is 0 Å². The van der Waals surface area contributed by atoms with E-state index in [0.717, 1.165) is 11.6 Å². The van der Waals surface area contributed by atoms with Crippen molar-refractivity contribution in [1.82, 2.24) is 0 Å². The molecule has 0 saturated carbocycles. The summed E-state index contributed by atoms with van der Waals surface area (Å²) in [4.78, 5) is -0.214. The first kappa shape index (κ1) is 18.6. The van der Waals surface area contributed by atoms with Crippen LogP contribution in [0.1, 0.15) is 11.1 Å². The van der Waals surface area contributed by atoms with E-state index in [-0.39, 0.29) is 15.6 Å². The predicted molar refractivity (Wildman–Crippen MR) is 91.0 cm³/mol. The highest BCUT2D eigenvalue weighted by Crippen LogP contribution is 2.25. The quantitative estimate of drug-likeness (QED) is 0.529. The summed E-state index contributed by atoms with van der Waals surface area (Å²) in [5, 5.41) is 0.903. The van der Waals surface area contributed by atoms with Crippen LogP contribution in [0.3, 0.4) is 0 Å². The molecule has 0 heterocycles. The molecule has 0 aliphatic heterocycles. The SMILES string of the molecule is Cc1cc(Cl)c(N)cc1S(=O)(=O)O.Cc1ccc(N)c(Cl)c1. The number of hydrogen-bond acceptors (Lipinski definition) is 4. The molecule has 0 atom stereocenters. The van der Waals surface area contributed by atoms with E-state index in [9.17, 15) is 8.42 Å². The van der Waals surface area contributed by atoms with Gasteiger partial charge in [-0.25, -0.2) is 0 Å². The maximum absolute atomic E-state index is 10.8. The highest BCUT2D eigenvalue weighted by atomic mass is 35.5. The lowest BCUT2D eigenvalue weighted by Crippen LogP contribution is -2.02. The van der Waals surface area contributed by atoms with Gasteiger partial charge in [0.1, 0.15) is 0 Å². The zero-order valence-electron chi connectivity index (χ0n) is 12.0. The summed E-state index contributed by atoms with van der Waals surface area (Å²) >= 11 is 11.3. The molecule has 8 heteroatoms. The maximum atomic E-state index is 10.8. The Morgan fingerprint density at radius 1 is 0.955 bits per heavy atom. The molecule has 120 valence electrons. The topological polar surface area (TPSA) is 106 Å². The fourth-order valence-electron chi connectivity index (χ4n) is 1.58. The van der Waals surface area contributed by atoms with Crippen LogP contribution in [0.4, 0.5) is 11.4 Å². The van der Waals surface area contributed by atoms with Gasteiger partial charge in [-0.2, -0.15) is 8.42 Å². The Bertz CT molecular complexity index is 793. The highest BCUT2D eigenvalue weighted by Gasteiger charge is 2.14. The van der Waals surface area contributed by atoms with Crippen molar-refractivity contribution in [2.24, 2.45) is 0 Å². The summed E-state index contributed by atoms with van der Waals surface area (Å²) in [5.74, 6) is 0. The summed E-state index contributed by atoms with van der Waals surface area (Å²) in [6, 6.07) is 8.10. The molecule has 0 aliphatic carbocycles. The van der Waals surface area contributed by atoms with E-state index in [0.29, 0.717) is 16.3 Å². The summed E-state index contributed by atoms with van der Waals surface area (Å²) in [7, 11) is -4.21. The number of halogens is 2. The van der Waals surface area contributed by atoms with Crippen LogP contribution < -0.4 is 11.5 Å². The van der Waals surface area contributed by atoms with Gasteiger partial charge in [0.2, 0.25) is 0 Å². The zero-order valence-corrected chi connectivity index (χ0v) is 14.3. The Morgan fingerprint density at radius 2 is 1.50 bits per heavy atom. The van der Waals surface area contributed by atoms with Crippen LogP contribution in [-0.2, 0) is 10.1 Å². The van der Waals surface area contributed by atoms with Gasteiger partial charge < -0.3 is 11.5 Å². The molecule has 0 fully saturated rings. The van der Waals surface area contributed by atoms with E-state index in [4.69, 9.17) is 39.2 Å². The van der Waals surface area contributed by atoms with Gasteiger partial charge in [-0.05, 0) is 49.2 Å². The summed E-state index contributed by atoms with van der Waals surface area (Å²) < 4.78 is 30.3. The summed E-state index contributed by atoms with van der Waals surface area (Å²) in [6.07, 6.45) is 0. The van der Waals surface area contributed by atoms with Crippen LogP contribution in [0, 0.1) is 13.8 Å². The van der Waals surface area contributed by atoms with Crippen LogP contribution in [0.25, 0.3) is 0 Å². The van der Waals surface area contributed by atoms with Gasteiger partial charge in [-0.1, -0.05) is 29.3 Å². The number of hydrogen-bond donors (Lipinski definition) is 3. The van der Waals surface area contributed by atoms with Crippen molar-refractivity contribution in [3.63, 3.8) is 0 Å². The molecule has 0 unspecified atom stereocenters. The largest absolute Gasteiger partial charge is 0.398 e. The van der Waals surface area contributed by atoms with Crippen molar-refractivity contribution < 1.29 is 13.0 Å². The van der Waals surface area contributed by atoms with E-state index >= 15 is 0 Å². The highest BCUT2D eigenvalue weighted by molar-refractivity contribution is 7.85. The minimum absolute atomic E-state index is 0.125. The third kappa shape index (κ3) is 5.06. The number of anilines is 2. The lowest BCUT2D eigenvalue weighted by molar-refractivity contribution is 0.482. The Balaban J connectivity index is 0.000000235. The van der Waals surface area contributed by atoms with Crippen molar-refractivity contribution in [2.75, 3.05) is 11.5 Å². The molecule has 0 spiro atoms. The monoisotopic (exact) mass is 362 g/mol. The van der Waals surface area contributed by atoms with Gasteiger partial charge in [0.25, 0.3) is 10.1 Å². The molecule has 2 rings (SSSR count). The molecule has 2 aromatic carbocycles. The zero-order chi connectivity index (χ0) is 17.1. The Hall–Kier alpha value is -1.47. The molecular weight excluding hydrogens is 347 g/mol. The molecule has 5 nitrogen and oxygen atoms in total. The lowest BCUT2D eigenvalue weighted by Gasteiger charge is -2.04. The second-order valence-corrected chi connectivity index (χ2v) is 6.84. The fourth-order valence-corrected chi connectivity index (χ4v) is 2.77. The Kier molecular flexibility index (Phi) is 6.08. The lowest BCUT2D eigenvalue weighted by atomic mass is 10.2. The van der Waals surface area contributed by atoms with Crippen LogP contribution in [0.15, 0.2) is 35.2 Å². The van der Waals surface area contributed by atoms with Crippen molar-refractivity contribution in [1.29, 1.82) is 0 Å². The minimum Gasteiger partial charge on any atom is -0.398 e. The molecule has 0 bridgehead atoms. The first-order valence-corrected chi connectivity index (χ1v) is 8.26. The minimum atomic E-state index is -4.21. The van der Waals surface area contributed by atoms with Crippen LogP contribution >= 0.6 is 23.2 Å². The summed E-state index contributed by atoms with van der Waals surface area (Å²) in [6.45, 7) is 3.50. The normalized spacial score (nSPS) is 10.8. The third-order valence-corrected chi connectivity index (χ3v) is 4.38. The van der Waals surface area contributed by atoms with Gasteiger partial charge in [-0.3, -0.25) is 4.55 Å². The number of nitrogens with two attached hydrogens (primary N) is 2. The summed E-state index contributed by atoms with van der Waals surface area (Å²) in [5.41, 5.74) is 13.1. The van der Waals surface area contributed by atoms with Gasteiger partial charge in [0.15, 0.2) is 0 Å². The predicted octanol–water partition coefficient (Wildman–Crippen LogP) is 3.71. The van der Waals surface area contributed by atoms with E-state index in [1.165, 1.54) is 13.0 Å². The average molecular weight is 363 g/mol. The maximum Gasteiger partial charge on any atom is 0.294 e. The second-order valence-electron chi connectivity index (χ2n) is 4.64. The van der Waals surface area contributed by atoms with Gasteiger partial charge in [-0.15, -0.1) is 0 Å². The second kappa shape index (κ2) is 7.19. The molecule has 2 aromatic rings. The molecule has 0 aliphatic rings. The smallest absolute Gasteiger partial charge is 0.294 e. The molecule has 0 aromatic heterocycles. The first-order valence-electron chi connectivity index (χ1n) is 6.07. The van der Waals surface area contributed by atoms with Crippen LogP contribution in [-0.4, -0.2) is 13.0 Å². The standard InChI is InChI=1S/C7H8ClNO3S.C7H8ClN/c1-4-2-5(8)6(9)3-7(4)13(10,11)12;1-5-2-3-7(9)6(8)4-5/h2-3H,9H2,1H3,(H,10,11,12);2-4H,9H2,1H3. The van der Waals surface area contributed by atoms with Gasteiger partial charge >= 0.3 is 0 Å². The molecular formula is C14H16Cl2N2O3S. The van der Waals surface area contributed by atoms with E-state index in [1.807, 2.05) is 19.1 Å². The van der Waals surface area contributed by atoms with E-state index in [2.05, 4.69) is 0 Å². The molecule has 0 radical (unpaired) electrons. The Morgan fingerprint density at radius 3 is 1.95 bits per heavy atom. The van der Waals surface area contributed by atoms with Crippen LogP contribution in [0.5, 0.6) is 0 Å². The van der Waals surface area contributed by atoms with Crippen molar-refractivity contribution >= 4 is 44.7 Å². The van der Waals surface area contributed by atoms with E-state index < -0.39 is 10.1 Å². The third-order valence-electron chi connectivity index (χ3n) is 2.73. The van der Waals surface area contributed by atoms with Crippen molar-refractivity contribution in [3.05, 3.63) is 51.5 Å². The van der Waals surface area contributed by atoms with Gasteiger partial charge in [0, 0.05) is 0 Å². The van der Waals surface area contributed by atoms with E-state index in [1.54, 1.807) is 6.07 Å². The first-order chi connectivity index (χ1) is 10.0. The fraction of sp³-hybridized carbons (Fsp3) is 0.143.